The quantitative estimate of drug-likeness (QED) is 0.890. The molecule has 3 nitrogen and oxygen atoms in total. The third-order valence-corrected chi connectivity index (χ3v) is 2.58. The van der Waals surface area contributed by atoms with Crippen LogP contribution in [0, 0.1) is 12.7 Å². The van der Waals surface area contributed by atoms with E-state index in [1.165, 1.54) is 12.1 Å². The third kappa shape index (κ3) is 2.53. The molecule has 2 rings (SSSR count). The van der Waals surface area contributed by atoms with Crippen LogP contribution >= 0.6 is 11.6 Å². The summed E-state index contributed by atoms with van der Waals surface area (Å²) in [4.78, 5) is 8.58. The lowest BCUT2D eigenvalue weighted by molar-refractivity contribution is 0.628. The number of rotatable bonds is 2. The second-order valence-corrected chi connectivity index (χ2v) is 4.00. The van der Waals surface area contributed by atoms with Gasteiger partial charge in [-0.15, -0.1) is 0 Å². The first-order valence-corrected chi connectivity index (χ1v) is 5.47. The molecule has 1 aromatic carbocycles. The Labute approximate surface area is 104 Å². The van der Waals surface area contributed by atoms with Gasteiger partial charge in [-0.3, -0.25) is 0 Å². The number of anilines is 1. The van der Waals surface area contributed by atoms with Gasteiger partial charge in [0.2, 0.25) is 0 Å². The SMILES string of the molecule is CNc1cc(C)nc(-c2ccc(F)c(Cl)c2)n1. The minimum Gasteiger partial charge on any atom is -0.373 e. The van der Waals surface area contributed by atoms with Crippen LogP contribution in [0.4, 0.5) is 10.2 Å². The van der Waals surface area contributed by atoms with E-state index in [0.717, 1.165) is 5.69 Å². The highest BCUT2D eigenvalue weighted by Crippen LogP contribution is 2.23. The van der Waals surface area contributed by atoms with Crippen LogP contribution in [0.3, 0.4) is 0 Å². The van der Waals surface area contributed by atoms with Crippen molar-refractivity contribution in [2.45, 2.75) is 6.92 Å². The minimum absolute atomic E-state index is 0.0682. The zero-order valence-corrected chi connectivity index (χ0v) is 10.2. The van der Waals surface area contributed by atoms with Crippen molar-refractivity contribution < 1.29 is 4.39 Å². The average molecular weight is 252 g/mol. The summed E-state index contributed by atoms with van der Waals surface area (Å²) in [5.74, 6) is 0.793. The van der Waals surface area contributed by atoms with Crippen LogP contribution in [0.2, 0.25) is 5.02 Å². The highest BCUT2D eigenvalue weighted by atomic mass is 35.5. The summed E-state index contributed by atoms with van der Waals surface area (Å²) in [6.07, 6.45) is 0. The maximum Gasteiger partial charge on any atom is 0.161 e. The van der Waals surface area contributed by atoms with E-state index in [9.17, 15) is 4.39 Å². The number of hydrogen-bond donors (Lipinski definition) is 1. The van der Waals surface area contributed by atoms with E-state index in [1.54, 1.807) is 13.1 Å². The zero-order valence-electron chi connectivity index (χ0n) is 9.46. The number of nitrogens with one attached hydrogen (secondary N) is 1. The first-order chi connectivity index (χ1) is 8.10. The highest BCUT2D eigenvalue weighted by Gasteiger charge is 2.07. The second kappa shape index (κ2) is 4.67. The van der Waals surface area contributed by atoms with Gasteiger partial charge in [-0.2, -0.15) is 0 Å². The Kier molecular flexibility index (Phi) is 3.24. The summed E-state index contributed by atoms with van der Waals surface area (Å²) < 4.78 is 13.1. The molecular weight excluding hydrogens is 241 g/mol. The summed E-state index contributed by atoms with van der Waals surface area (Å²) in [5.41, 5.74) is 1.52. The highest BCUT2D eigenvalue weighted by molar-refractivity contribution is 6.31. The first kappa shape index (κ1) is 11.8. The molecule has 0 fully saturated rings. The standard InChI is InChI=1S/C12H11ClFN3/c1-7-5-11(15-2)17-12(16-7)8-3-4-10(14)9(13)6-8/h3-6H,1-2H3,(H,15,16,17). The molecule has 5 heteroatoms. The average Bonchev–Trinajstić information content (AvgIpc) is 2.32. The molecule has 0 amide bonds. The van der Waals surface area contributed by atoms with Gasteiger partial charge >= 0.3 is 0 Å². The van der Waals surface area contributed by atoms with Crippen molar-refractivity contribution in [1.29, 1.82) is 0 Å². The molecule has 1 aromatic heterocycles. The topological polar surface area (TPSA) is 37.8 Å². The summed E-state index contributed by atoms with van der Waals surface area (Å²) in [7, 11) is 1.78. The fourth-order valence-corrected chi connectivity index (χ4v) is 1.64. The maximum atomic E-state index is 13.1. The Bertz CT molecular complexity index is 557. The van der Waals surface area contributed by atoms with E-state index in [4.69, 9.17) is 11.6 Å². The van der Waals surface area contributed by atoms with E-state index in [2.05, 4.69) is 15.3 Å². The molecule has 88 valence electrons. The van der Waals surface area contributed by atoms with Crippen LogP contribution in [0.1, 0.15) is 5.69 Å². The van der Waals surface area contributed by atoms with Crippen LogP contribution in [0.15, 0.2) is 24.3 Å². The van der Waals surface area contributed by atoms with Crippen LogP contribution < -0.4 is 5.32 Å². The van der Waals surface area contributed by atoms with Crippen molar-refractivity contribution in [1.82, 2.24) is 9.97 Å². The molecule has 0 saturated carbocycles. The molecule has 0 saturated heterocycles. The Morgan fingerprint density at radius 1 is 1.24 bits per heavy atom. The number of halogens is 2. The lowest BCUT2D eigenvalue weighted by Crippen LogP contribution is -1.98. The van der Waals surface area contributed by atoms with Gasteiger partial charge in [0, 0.05) is 24.4 Å². The molecule has 17 heavy (non-hydrogen) atoms. The maximum absolute atomic E-state index is 13.1. The van der Waals surface area contributed by atoms with Crippen molar-refractivity contribution in [3.63, 3.8) is 0 Å². The molecular formula is C12H11ClFN3. The second-order valence-electron chi connectivity index (χ2n) is 3.60. The lowest BCUT2D eigenvalue weighted by Gasteiger charge is -2.06. The molecule has 0 radical (unpaired) electrons. The summed E-state index contributed by atoms with van der Waals surface area (Å²) in [6.45, 7) is 1.87. The van der Waals surface area contributed by atoms with Gasteiger partial charge in [0.1, 0.15) is 11.6 Å². The fourth-order valence-electron chi connectivity index (χ4n) is 1.46. The predicted octanol–water partition coefficient (Wildman–Crippen LogP) is 3.29. The molecule has 0 spiro atoms. The largest absolute Gasteiger partial charge is 0.373 e. The number of hydrogen-bond acceptors (Lipinski definition) is 3. The summed E-state index contributed by atoms with van der Waals surface area (Å²) in [5, 5.41) is 3.01. The number of aryl methyl sites for hydroxylation is 1. The van der Waals surface area contributed by atoms with Gasteiger partial charge < -0.3 is 5.32 Å². The van der Waals surface area contributed by atoms with Crippen molar-refractivity contribution in [3.05, 3.63) is 40.8 Å². The molecule has 0 bridgehead atoms. The normalized spacial score (nSPS) is 10.4. The van der Waals surface area contributed by atoms with Crippen molar-refractivity contribution in [2.75, 3.05) is 12.4 Å². The fraction of sp³-hybridized carbons (Fsp3) is 0.167. The van der Waals surface area contributed by atoms with Crippen molar-refractivity contribution in [3.8, 4) is 11.4 Å². The van der Waals surface area contributed by atoms with E-state index in [1.807, 2.05) is 13.0 Å². The molecule has 0 atom stereocenters. The lowest BCUT2D eigenvalue weighted by atomic mass is 10.2. The van der Waals surface area contributed by atoms with Crippen LogP contribution in [-0.2, 0) is 0 Å². The van der Waals surface area contributed by atoms with Crippen LogP contribution in [-0.4, -0.2) is 17.0 Å². The first-order valence-electron chi connectivity index (χ1n) is 5.09. The Morgan fingerprint density at radius 3 is 2.65 bits per heavy atom. The van der Waals surface area contributed by atoms with E-state index in [-0.39, 0.29) is 5.02 Å². The predicted molar refractivity (Wildman–Crippen MR) is 66.7 cm³/mol. The van der Waals surface area contributed by atoms with Crippen LogP contribution in [0.5, 0.6) is 0 Å². The number of aromatic nitrogens is 2. The molecule has 0 unspecified atom stereocenters. The van der Waals surface area contributed by atoms with Gasteiger partial charge in [-0.25, -0.2) is 14.4 Å². The Morgan fingerprint density at radius 2 is 2.00 bits per heavy atom. The molecule has 1 N–H and O–H groups in total. The summed E-state index contributed by atoms with van der Waals surface area (Å²) >= 11 is 5.73. The van der Waals surface area contributed by atoms with Crippen LogP contribution in [0.25, 0.3) is 11.4 Å². The van der Waals surface area contributed by atoms with Gasteiger partial charge in [0.25, 0.3) is 0 Å². The van der Waals surface area contributed by atoms with E-state index in [0.29, 0.717) is 17.2 Å². The smallest absolute Gasteiger partial charge is 0.161 e. The van der Waals surface area contributed by atoms with Gasteiger partial charge in [0.15, 0.2) is 5.82 Å². The zero-order chi connectivity index (χ0) is 12.4. The number of nitrogens with zero attached hydrogens (tertiary/aromatic N) is 2. The van der Waals surface area contributed by atoms with Gasteiger partial charge in [-0.05, 0) is 25.1 Å². The van der Waals surface area contributed by atoms with E-state index < -0.39 is 5.82 Å². The molecule has 2 aromatic rings. The molecule has 0 aliphatic rings. The Hall–Kier alpha value is -1.68. The minimum atomic E-state index is -0.447. The monoisotopic (exact) mass is 251 g/mol. The Balaban J connectivity index is 2.52. The van der Waals surface area contributed by atoms with E-state index >= 15 is 0 Å². The van der Waals surface area contributed by atoms with Gasteiger partial charge in [0.05, 0.1) is 5.02 Å². The molecule has 1 heterocycles. The van der Waals surface area contributed by atoms with Crippen molar-refractivity contribution >= 4 is 17.4 Å². The molecule has 0 aliphatic heterocycles. The van der Waals surface area contributed by atoms with Crippen molar-refractivity contribution in [2.24, 2.45) is 0 Å². The summed E-state index contributed by atoms with van der Waals surface area (Å²) in [6, 6.07) is 6.26. The van der Waals surface area contributed by atoms with Gasteiger partial charge in [-0.1, -0.05) is 11.6 Å². The third-order valence-electron chi connectivity index (χ3n) is 2.29. The number of benzene rings is 1. The molecule has 0 aliphatic carbocycles.